The van der Waals surface area contributed by atoms with Crippen molar-refractivity contribution >= 4 is 17.3 Å². The fourth-order valence-electron chi connectivity index (χ4n) is 1.76. The van der Waals surface area contributed by atoms with Gasteiger partial charge in [-0.2, -0.15) is 13.2 Å². The molecule has 86 valence electrons. The molecule has 1 aromatic carbocycles. The number of carbonyl (C=O) groups is 1. The summed E-state index contributed by atoms with van der Waals surface area (Å²) < 4.78 is 36.7. The number of carbonyl (C=O) groups excluding carboxylic acids is 1. The highest BCUT2D eigenvalue weighted by Gasteiger charge is 2.37. The molecule has 1 aromatic rings. The number of nitrogen functional groups attached to an aromatic ring is 1. The van der Waals surface area contributed by atoms with Crippen LogP contribution in [0.4, 0.5) is 24.5 Å². The summed E-state index contributed by atoms with van der Waals surface area (Å²) in [5, 5.41) is 0. The monoisotopic (exact) mass is 230 g/mol. The first-order chi connectivity index (χ1) is 7.37. The molecule has 1 heterocycles. The highest BCUT2D eigenvalue weighted by atomic mass is 19.4. The summed E-state index contributed by atoms with van der Waals surface area (Å²) in [5.41, 5.74) is 6.79. The number of amides is 1. The number of halogens is 3. The van der Waals surface area contributed by atoms with Crippen molar-refractivity contribution in [3.05, 3.63) is 23.8 Å². The van der Waals surface area contributed by atoms with Gasteiger partial charge in [-0.15, -0.1) is 0 Å². The van der Waals surface area contributed by atoms with Crippen LogP contribution in [-0.4, -0.2) is 18.6 Å². The quantitative estimate of drug-likeness (QED) is 0.746. The Morgan fingerprint density at radius 3 is 2.69 bits per heavy atom. The first kappa shape index (κ1) is 10.8. The van der Waals surface area contributed by atoms with E-state index in [4.69, 9.17) is 5.73 Å². The van der Waals surface area contributed by atoms with Gasteiger partial charge in [-0.05, 0) is 23.8 Å². The van der Waals surface area contributed by atoms with Crippen LogP contribution in [0.15, 0.2) is 18.2 Å². The summed E-state index contributed by atoms with van der Waals surface area (Å²) >= 11 is 0. The van der Waals surface area contributed by atoms with Crippen LogP contribution >= 0.6 is 0 Å². The van der Waals surface area contributed by atoms with E-state index in [1.54, 1.807) is 0 Å². The number of hydrogen-bond acceptors (Lipinski definition) is 2. The first-order valence-electron chi connectivity index (χ1n) is 4.62. The fraction of sp³-hybridized carbons (Fsp3) is 0.300. The molecule has 2 N–H and O–H groups in total. The maximum atomic E-state index is 12.2. The molecule has 0 bridgehead atoms. The second-order valence-corrected chi connectivity index (χ2v) is 3.66. The average Bonchev–Trinajstić information content (AvgIpc) is 2.40. The van der Waals surface area contributed by atoms with Crippen LogP contribution in [0.2, 0.25) is 0 Å². The third-order valence-corrected chi connectivity index (χ3v) is 2.37. The zero-order valence-electron chi connectivity index (χ0n) is 8.21. The van der Waals surface area contributed by atoms with Crippen LogP contribution in [0.1, 0.15) is 5.56 Å². The largest absolute Gasteiger partial charge is 0.406 e. The molecule has 0 radical (unpaired) electrons. The van der Waals surface area contributed by atoms with Crippen molar-refractivity contribution < 1.29 is 18.0 Å². The molecular formula is C10H9F3N2O. The Morgan fingerprint density at radius 1 is 1.38 bits per heavy atom. The summed E-state index contributed by atoms with van der Waals surface area (Å²) in [6, 6.07) is 4.46. The van der Waals surface area contributed by atoms with E-state index < -0.39 is 18.6 Å². The van der Waals surface area contributed by atoms with Crippen LogP contribution in [0.5, 0.6) is 0 Å². The lowest BCUT2D eigenvalue weighted by Gasteiger charge is -2.19. The summed E-state index contributed by atoms with van der Waals surface area (Å²) in [6.45, 7) is -1.25. The smallest absolute Gasteiger partial charge is 0.399 e. The van der Waals surface area contributed by atoms with E-state index in [2.05, 4.69) is 0 Å². The standard InChI is InChI=1S/C10H9F3N2O/c11-10(12,13)5-15-8-2-1-7(14)3-6(8)4-9(15)16/h1-3H,4-5,14H2. The van der Waals surface area contributed by atoms with Gasteiger partial charge in [0.2, 0.25) is 5.91 Å². The average molecular weight is 230 g/mol. The van der Waals surface area contributed by atoms with Crippen molar-refractivity contribution in [2.24, 2.45) is 0 Å². The Kier molecular flexibility index (Phi) is 2.29. The minimum absolute atomic E-state index is 0.0174. The number of nitrogens with two attached hydrogens (primary N) is 1. The molecule has 1 aliphatic heterocycles. The molecule has 16 heavy (non-hydrogen) atoms. The molecule has 3 nitrogen and oxygen atoms in total. The number of anilines is 2. The van der Waals surface area contributed by atoms with Gasteiger partial charge in [0.05, 0.1) is 6.42 Å². The van der Waals surface area contributed by atoms with Gasteiger partial charge in [-0.25, -0.2) is 0 Å². The maximum Gasteiger partial charge on any atom is 0.406 e. The molecule has 0 atom stereocenters. The van der Waals surface area contributed by atoms with Crippen LogP contribution < -0.4 is 10.6 Å². The second kappa shape index (κ2) is 3.40. The lowest BCUT2D eigenvalue weighted by atomic mass is 10.1. The molecule has 0 aromatic heterocycles. The Balaban J connectivity index is 2.33. The van der Waals surface area contributed by atoms with Gasteiger partial charge in [0.25, 0.3) is 0 Å². The number of fused-ring (bicyclic) bond motifs is 1. The van der Waals surface area contributed by atoms with Crippen LogP contribution in [-0.2, 0) is 11.2 Å². The summed E-state index contributed by atoms with van der Waals surface area (Å²) in [7, 11) is 0. The summed E-state index contributed by atoms with van der Waals surface area (Å²) in [5.74, 6) is -0.544. The van der Waals surface area contributed by atoms with Crippen molar-refractivity contribution in [2.75, 3.05) is 17.2 Å². The van der Waals surface area contributed by atoms with Crippen LogP contribution in [0.3, 0.4) is 0 Å². The van der Waals surface area contributed by atoms with Gasteiger partial charge < -0.3 is 10.6 Å². The van der Waals surface area contributed by atoms with Crippen LogP contribution in [0, 0.1) is 0 Å². The molecule has 1 amide bonds. The van der Waals surface area contributed by atoms with Crippen molar-refractivity contribution in [1.29, 1.82) is 0 Å². The van der Waals surface area contributed by atoms with Crippen molar-refractivity contribution in [2.45, 2.75) is 12.6 Å². The Bertz CT molecular complexity index is 442. The molecule has 0 spiro atoms. The molecule has 0 saturated carbocycles. The molecular weight excluding hydrogens is 221 g/mol. The number of nitrogens with zero attached hydrogens (tertiary/aromatic N) is 1. The number of hydrogen-bond donors (Lipinski definition) is 1. The van der Waals surface area contributed by atoms with Crippen molar-refractivity contribution in [3.8, 4) is 0 Å². The zero-order valence-corrected chi connectivity index (χ0v) is 8.21. The van der Waals surface area contributed by atoms with E-state index in [0.29, 0.717) is 16.9 Å². The van der Waals surface area contributed by atoms with E-state index in [0.717, 1.165) is 4.90 Å². The van der Waals surface area contributed by atoms with E-state index in [-0.39, 0.29) is 6.42 Å². The fourth-order valence-corrected chi connectivity index (χ4v) is 1.76. The highest BCUT2D eigenvalue weighted by molar-refractivity contribution is 6.01. The number of benzene rings is 1. The van der Waals surface area contributed by atoms with Crippen LogP contribution in [0.25, 0.3) is 0 Å². The van der Waals surface area contributed by atoms with E-state index in [1.165, 1.54) is 18.2 Å². The zero-order chi connectivity index (χ0) is 11.9. The molecule has 6 heteroatoms. The molecule has 0 fully saturated rings. The third kappa shape index (κ3) is 1.95. The number of alkyl halides is 3. The van der Waals surface area contributed by atoms with Gasteiger partial charge in [0, 0.05) is 11.4 Å². The Morgan fingerprint density at radius 2 is 2.06 bits per heavy atom. The van der Waals surface area contributed by atoms with E-state index in [9.17, 15) is 18.0 Å². The van der Waals surface area contributed by atoms with E-state index in [1.807, 2.05) is 0 Å². The predicted molar refractivity (Wildman–Crippen MR) is 53.0 cm³/mol. The van der Waals surface area contributed by atoms with Gasteiger partial charge >= 0.3 is 6.18 Å². The molecule has 1 aliphatic rings. The predicted octanol–water partition coefficient (Wildman–Crippen LogP) is 1.72. The highest BCUT2D eigenvalue weighted by Crippen LogP contribution is 2.32. The first-order valence-corrected chi connectivity index (χ1v) is 4.62. The third-order valence-electron chi connectivity index (χ3n) is 2.37. The van der Waals surface area contributed by atoms with Gasteiger partial charge in [-0.3, -0.25) is 4.79 Å². The lowest BCUT2D eigenvalue weighted by molar-refractivity contribution is -0.131. The van der Waals surface area contributed by atoms with Gasteiger partial charge in [0.1, 0.15) is 6.54 Å². The Labute approximate surface area is 89.6 Å². The minimum atomic E-state index is -4.39. The van der Waals surface area contributed by atoms with Gasteiger partial charge in [-0.1, -0.05) is 0 Å². The van der Waals surface area contributed by atoms with E-state index >= 15 is 0 Å². The minimum Gasteiger partial charge on any atom is -0.399 e. The number of rotatable bonds is 1. The van der Waals surface area contributed by atoms with Gasteiger partial charge in [0.15, 0.2) is 0 Å². The molecule has 0 aliphatic carbocycles. The van der Waals surface area contributed by atoms with Crippen molar-refractivity contribution in [1.82, 2.24) is 0 Å². The molecule has 0 unspecified atom stereocenters. The normalized spacial score (nSPS) is 15.4. The summed E-state index contributed by atoms with van der Waals surface area (Å²) in [6.07, 6.45) is -4.41. The lowest BCUT2D eigenvalue weighted by Crippen LogP contribution is -2.36. The van der Waals surface area contributed by atoms with Crippen molar-refractivity contribution in [3.63, 3.8) is 0 Å². The Hall–Kier alpha value is -1.72. The SMILES string of the molecule is Nc1ccc2c(c1)CC(=O)N2CC(F)(F)F. The maximum absolute atomic E-state index is 12.2. The second-order valence-electron chi connectivity index (χ2n) is 3.66. The molecule has 2 rings (SSSR count). The molecule has 0 saturated heterocycles. The summed E-state index contributed by atoms with van der Waals surface area (Å²) in [4.78, 5) is 12.2. The topological polar surface area (TPSA) is 46.3 Å².